The van der Waals surface area contributed by atoms with Crippen LogP contribution in [0.5, 0.6) is 0 Å². The molecule has 1 aromatic rings. The highest BCUT2D eigenvalue weighted by Gasteiger charge is 2.33. The van der Waals surface area contributed by atoms with Crippen LogP contribution in [0.15, 0.2) is 15.6 Å². The normalized spacial score (nSPS) is 22.8. The van der Waals surface area contributed by atoms with Crippen LogP contribution in [0.1, 0.15) is 52.7 Å². The van der Waals surface area contributed by atoms with Crippen LogP contribution in [0.4, 0.5) is 0 Å². The fourth-order valence-corrected chi connectivity index (χ4v) is 1.90. The van der Waals surface area contributed by atoms with Crippen molar-refractivity contribution in [1.82, 2.24) is 15.6 Å². The van der Waals surface area contributed by atoms with Gasteiger partial charge in [-0.05, 0) is 19.3 Å². The summed E-state index contributed by atoms with van der Waals surface area (Å²) in [5.74, 6) is 3.15. The molecule has 2 rings (SSSR count). The lowest BCUT2D eigenvalue weighted by Crippen LogP contribution is -2.39. The van der Waals surface area contributed by atoms with Gasteiger partial charge in [0.05, 0.1) is 6.20 Å². The van der Waals surface area contributed by atoms with Crippen molar-refractivity contribution in [3.05, 3.63) is 17.8 Å². The molecule has 1 aliphatic rings. The lowest BCUT2D eigenvalue weighted by Gasteiger charge is -2.13. The molecule has 0 bridgehead atoms. The Morgan fingerprint density at radius 1 is 1.50 bits per heavy atom. The summed E-state index contributed by atoms with van der Waals surface area (Å²) in [6.45, 7) is 12.0. The van der Waals surface area contributed by atoms with Crippen LogP contribution < -0.4 is 10.6 Å². The Bertz CT molecular complexity index is 472. The van der Waals surface area contributed by atoms with Crippen molar-refractivity contribution in [2.45, 2.75) is 59.0 Å². The lowest BCUT2D eigenvalue weighted by molar-refractivity contribution is 0.383. The van der Waals surface area contributed by atoms with Gasteiger partial charge in [-0.15, -0.1) is 0 Å². The molecule has 1 fully saturated rings. The summed E-state index contributed by atoms with van der Waals surface area (Å²) in [6, 6.07) is 0.558. The highest BCUT2D eigenvalue weighted by atomic mass is 16.4. The summed E-state index contributed by atoms with van der Waals surface area (Å²) >= 11 is 0. The van der Waals surface area contributed by atoms with Gasteiger partial charge in [-0.25, -0.2) is 9.98 Å². The van der Waals surface area contributed by atoms with Crippen molar-refractivity contribution in [3.8, 4) is 0 Å². The number of hydrogen-bond donors (Lipinski definition) is 2. The predicted molar refractivity (Wildman–Crippen MR) is 80.7 cm³/mol. The van der Waals surface area contributed by atoms with Crippen LogP contribution >= 0.6 is 0 Å². The second-order valence-electron chi connectivity index (χ2n) is 6.53. The third kappa shape index (κ3) is 3.99. The largest absolute Gasteiger partial charge is 0.443 e. The number of nitrogens with zero attached hydrogens (tertiary/aromatic N) is 2. The number of aliphatic imine (C=N–C) groups is 1. The van der Waals surface area contributed by atoms with Crippen LogP contribution in [0.2, 0.25) is 0 Å². The Morgan fingerprint density at radius 2 is 2.20 bits per heavy atom. The topological polar surface area (TPSA) is 62.5 Å². The summed E-state index contributed by atoms with van der Waals surface area (Å²) in [5.41, 5.74) is -0.0127. The van der Waals surface area contributed by atoms with E-state index in [1.807, 2.05) is 0 Å². The van der Waals surface area contributed by atoms with Crippen molar-refractivity contribution >= 4 is 5.96 Å². The first-order chi connectivity index (χ1) is 9.40. The van der Waals surface area contributed by atoms with E-state index in [1.165, 1.54) is 6.42 Å². The van der Waals surface area contributed by atoms with Crippen LogP contribution in [0.3, 0.4) is 0 Å². The maximum atomic E-state index is 5.74. The molecule has 0 saturated heterocycles. The summed E-state index contributed by atoms with van der Waals surface area (Å²) in [5, 5.41) is 6.67. The first-order valence-electron chi connectivity index (χ1n) is 7.40. The van der Waals surface area contributed by atoms with Crippen LogP contribution in [0, 0.1) is 5.92 Å². The maximum Gasteiger partial charge on any atom is 0.216 e. The van der Waals surface area contributed by atoms with Gasteiger partial charge in [0, 0.05) is 18.0 Å². The zero-order chi connectivity index (χ0) is 14.8. The van der Waals surface area contributed by atoms with Gasteiger partial charge >= 0.3 is 0 Å². The quantitative estimate of drug-likeness (QED) is 0.656. The van der Waals surface area contributed by atoms with Crippen molar-refractivity contribution < 1.29 is 4.42 Å². The van der Waals surface area contributed by atoms with Gasteiger partial charge < -0.3 is 15.1 Å². The minimum absolute atomic E-state index is 0.0127. The lowest BCUT2D eigenvalue weighted by atomic mass is 9.94. The van der Waals surface area contributed by atoms with E-state index in [0.717, 1.165) is 24.2 Å². The molecule has 1 aliphatic carbocycles. The van der Waals surface area contributed by atoms with Gasteiger partial charge in [0.2, 0.25) is 5.89 Å². The molecule has 5 nitrogen and oxygen atoms in total. The number of guanidine groups is 1. The molecule has 0 aliphatic heterocycles. The second-order valence-corrected chi connectivity index (χ2v) is 6.53. The van der Waals surface area contributed by atoms with Crippen LogP contribution in [-0.4, -0.2) is 23.5 Å². The van der Waals surface area contributed by atoms with E-state index >= 15 is 0 Å². The molecular weight excluding hydrogens is 252 g/mol. The van der Waals surface area contributed by atoms with E-state index in [4.69, 9.17) is 4.42 Å². The first kappa shape index (κ1) is 14.9. The molecule has 1 heterocycles. The zero-order valence-corrected chi connectivity index (χ0v) is 13.2. The van der Waals surface area contributed by atoms with E-state index in [0.29, 0.717) is 18.5 Å². The molecule has 5 heteroatoms. The molecular formula is C15H26N4O. The molecule has 1 aromatic heterocycles. The van der Waals surface area contributed by atoms with Gasteiger partial charge in [-0.1, -0.05) is 27.7 Å². The van der Waals surface area contributed by atoms with Crippen LogP contribution in [-0.2, 0) is 12.0 Å². The smallest absolute Gasteiger partial charge is 0.216 e. The van der Waals surface area contributed by atoms with Gasteiger partial charge in [0.25, 0.3) is 0 Å². The standard InChI is InChI=1S/C15H26N4O/c1-6-16-14(19-11-7-10(11)2)18-9-13-17-8-12(20-13)15(3,4)5/h8,10-11H,6-7,9H2,1-5H3,(H2,16,18,19). The Kier molecular flexibility index (Phi) is 4.35. The van der Waals surface area contributed by atoms with Gasteiger partial charge in [0.1, 0.15) is 12.3 Å². The Hall–Kier alpha value is -1.52. The molecule has 1 saturated carbocycles. The first-order valence-corrected chi connectivity index (χ1v) is 7.40. The number of hydrogen-bond acceptors (Lipinski definition) is 3. The molecule has 2 unspecified atom stereocenters. The SMILES string of the molecule is CCNC(=NCc1ncc(C(C)(C)C)o1)NC1CC1C. The minimum Gasteiger partial charge on any atom is -0.443 e. The Morgan fingerprint density at radius 3 is 2.70 bits per heavy atom. The third-order valence-corrected chi connectivity index (χ3v) is 3.44. The van der Waals surface area contributed by atoms with Gasteiger partial charge in [-0.3, -0.25) is 0 Å². The van der Waals surface area contributed by atoms with E-state index < -0.39 is 0 Å². The molecule has 0 spiro atoms. The zero-order valence-electron chi connectivity index (χ0n) is 13.2. The molecule has 112 valence electrons. The fourth-order valence-electron chi connectivity index (χ4n) is 1.90. The van der Waals surface area contributed by atoms with Crippen molar-refractivity contribution in [1.29, 1.82) is 0 Å². The summed E-state index contributed by atoms with van der Waals surface area (Å²) in [7, 11) is 0. The maximum absolute atomic E-state index is 5.74. The molecule has 2 atom stereocenters. The van der Waals surface area contributed by atoms with Crippen LogP contribution in [0.25, 0.3) is 0 Å². The minimum atomic E-state index is -0.0127. The summed E-state index contributed by atoms with van der Waals surface area (Å²) in [6.07, 6.45) is 3.02. The fraction of sp³-hybridized carbons (Fsp3) is 0.733. The van der Waals surface area contributed by atoms with Crippen molar-refractivity contribution in [3.63, 3.8) is 0 Å². The number of rotatable bonds is 4. The molecule has 0 aromatic carbocycles. The Balaban J connectivity index is 1.96. The van der Waals surface area contributed by atoms with Gasteiger partial charge in [-0.2, -0.15) is 0 Å². The highest BCUT2D eigenvalue weighted by molar-refractivity contribution is 5.80. The van der Waals surface area contributed by atoms with E-state index in [-0.39, 0.29) is 5.41 Å². The highest BCUT2D eigenvalue weighted by Crippen LogP contribution is 2.28. The van der Waals surface area contributed by atoms with E-state index in [9.17, 15) is 0 Å². The van der Waals surface area contributed by atoms with E-state index in [2.05, 4.69) is 55.2 Å². The van der Waals surface area contributed by atoms with Crippen molar-refractivity contribution in [2.75, 3.05) is 6.54 Å². The monoisotopic (exact) mass is 278 g/mol. The number of oxazole rings is 1. The summed E-state index contributed by atoms with van der Waals surface area (Å²) < 4.78 is 5.74. The van der Waals surface area contributed by atoms with Crippen molar-refractivity contribution in [2.24, 2.45) is 10.9 Å². The van der Waals surface area contributed by atoms with Gasteiger partial charge in [0.15, 0.2) is 5.96 Å². The average Bonchev–Trinajstić information content (AvgIpc) is 2.88. The summed E-state index contributed by atoms with van der Waals surface area (Å²) in [4.78, 5) is 8.83. The predicted octanol–water partition coefficient (Wildman–Crippen LogP) is 2.44. The third-order valence-electron chi connectivity index (χ3n) is 3.44. The molecule has 0 amide bonds. The average molecular weight is 278 g/mol. The molecule has 20 heavy (non-hydrogen) atoms. The second kappa shape index (κ2) is 5.85. The number of aromatic nitrogens is 1. The van der Waals surface area contributed by atoms with E-state index in [1.54, 1.807) is 6.20 Å². The molecule has 0 radical (unpaired) electrons. The number of nitrogens with one attached hydrogen (secondary N) is 2. The Labute approximate surface area is 121 Å². The molecule has 2 N–H and O–H groups in total.